The molecule has 5 nitrogen and oxygen atoms in total. The molecule has 4 rings (SSSR count). The smallest absolute Gasteiger partial charge is 0.185 e. The lowest BCUT2D eigenvalue weighted by Crippen LogP contribution is -2.61. The van der Waals surface area contributed by atoms with Gasteiger partial charge in [0.1, 0.15) is 19.8 Å². The minimum Gasteiger partial charge on any atom is -0.406 e. The maximum absolute atomic E-state index is 7.14. The molecule has 1 unspecified atom stereocenters. The first kappa shape index (κ1) is 25.0. The van der Waals surface area contributed by atoms with Crippen LogP contribution in [0.1, 0.15) is 72.6 Å². The van der Waals surface area contributed by atoms with E-state index in [0.29, 0.717) is 11.8 Å². The van der Waals surface area contributed by atoms with Gasteiger partial charge >= 0.3 is 0 Å². The quantitative estimate of drug-likeness (QED) is 0.250. The Labute approximate surface area is 202 Å². The van der Waals surface area contributed by atoms with Gasteiger partial charge in [0.2, 0.25) is 0 Å². The molecule has 0 aromatic heterocycles. The summed E-state index contributed by atoms with van der Waals surface area (Å²) >= 11 is 0. The maximum atomic E-state index is 7.14. The Morgan fingerprint density at radius 3 is 2.36 bits per heavy atom. The summed E-state index contributed by atoms with van der Waals surface area (Å²) in [7, 11) is 1.53. The first-order valence-corrected chi connectivity index (χ1v) is 16.4. The Morgan fingerprint density at radius 2 is 1.73 bits per heavy atom. The van der Waals surface area contributed by atoms with E-state index in [2.05, 4.69) is 63.7 Å². The van der Waals surface area contributed by atoms with Crippen molar-refractivity contribution in [1.82, 2.24) is 0 Å². The Bertz CT molecular complexity index is 862. The number of hydrogen-bond acceptors (Lipinski definition) is 5. The zero-order chi connectivity index (χ0) is 24.2. The molecule has 3 saturated carbocycles. The van der Waals surface area contributed by atoms with Crippen molar-refractivity contribution in [1.29, 1.82) is 0 Å². The molecule has 0 aromatic carbocycles. The first-order chi connectivity index (χ1) is 15.4. The normalized spacial score (nSPS) is 44.6. The van der Waals surface area contributed by atoms with Crippen molar-refractivity contribution in [2.45, 2.75) is 97.9 Å². The van der Waals surface area contributed by atoms with Crippen molar-refractivity contribution in [3.63, 3.8) is 0 Å². The molecule has 7 atom stereocenters. The highest BCUT2D eigenvalue weighted by Crippen LogP contribution is 2.69. The Kier molecular flexibility index (Phi) is 6.44. The first-order valence-electron chi connectivity index (χ1n) is 13.0. The molecule has 0 aromatic rings. The Balaban J connectivity index is 1.73. The fraction of sp³-hybridized carbons (Fsp3) is 0.852. The van der Waals surface area contributed by atoms with Crippen LogP contribution in [-0.4, -0.2) is 39.6 Å². The van der Waals surface area contributed by atoms with E-state index in [1.54, 1.807) is 19.8 Å². The van der Waals surface area contributed by atoms with Gasteiger partial charge in [-0.2, -0.15) is 0 Å². The fourth-order valence-electron chi connectivity index (χ4n) is 8.75. The van der Waals surface area contributed by atoms with Crippen LogP contribution >= 0.6 is 0 Å². The second kappa shape index (κ2) is 8.51. The second-order valence-corrected chi connectivity index (χ2v) is 17.1. The van der Waals surface area contributed by atoms with Crippen molar-refractivity contribution >= 4 is 19.7 Å². The predicted octanol–water partition coefficient (Wildman–Crippen LogP) is 6.81. The van der Waals surface area contributed by atoms with E-state index in [1.807, 2.05) is 0 Å². The van der Waals surface area contributed by atoms with Crippen LogP contribution in [0.3, 0.4) is 0 Å². The van der Waals surface area contributed by atoms with Gasteiger partial charge in [0, 0.05) is 5.41 Å². The van der Waals surface area contributed by atoms with Gasteiger partial charge in [0.25, 0.3) is 0 Å². The molecule has 0 N–H and O–H groups in total. The van der Waals surface area contributed by atoms with Crippen LogP contribution in [0.15, 0.2) is 22.0 Å². The van der Waals surface area contributed by atoms with E-state index in [9.17, 15) is 0 Å². The summed E-state index contributed by atoms with van der Waals surface area (Å²) in [6.07, 6.45) is 10.6. The molecule has 0 aliphatic heterocycles. The van der Waals surface area contributed by atoms with Crippen LogP contribution in [0.2, 0.25) is 19.6 Å². The third-order valence-corrected chi connectivity index (χ3v) is 10.9. The lowest BCUT2D eigenvalue weighted by atomic mass is 9.44. The summed E-state index contributed by atoms with van der Waals surface area (Å²) in [5.74, 6) is 2.74. The fourth-order valence-corrected chi connectivity index (χ4v) is 10.3. The zero-order valence-corrected chi connectivity index (χ0v) is 23.5. The van der Waals surface area contributed by atoms with Crippen LogP contribution in [0.4, 0.5) is 0 Å². The van der Waals surface area contributed by atoms with Gasteiger partial charge in [-0.15, -0.1) is 0 Å². The monoisotopic (exact) mass is 474 g/mol. The molecule has 0 amide bonds. The van der Waals surface area contributed by atoms with Crippen molar-refractivity contribution in [2.24, 2.45) is 44.8 Å². The largest absolute Gasteiger partial charge is 0.406 e. The maximum Gasteiger partial charge on any atom is 0.185 e. The molecule has 4 aliphatic carbocycles. The Hall–Kier alpha value is -1.14. The lowest BCUT2D eigenvalue weighted by Gasteiger charge is -2.61. The topological polar surface area (TPSA) is 52.4 Å². The van der Waals surface area contributed by atoms with Crippen LogP contribution < -0.4 is 0 Å². The second-order valence-electron chi connectivity index (χ2n) is 12.7. The summed E-state index contributed by atoms with van der Waals surface area (Å²) in [6.45, 7) is 16.6. The molecule has 186 valence electrons. The van der Waals surface area contributed by atoms with Gasteiger partial charge in [-0.3, -0.25) is 0 Å². The highest BCUT2D eigenvalue weighted by atomic mass is 28.4. The van der Waals surface area contributed by atoms with E-state index >= 15 is 0 Å². The van der Waals surface area contributed by atoms with Crippen molar-refractivity contribution < 1.29 is 14.1 Å². The predicted molar refractivity (Wildman–Crippen MR) is 138 cm³/mol. The van der Waals surface area contributed by atoms with E-state index in [4.69, 9.17) is 14.1 Å². The summed E-state index contributed by atoms with van der Waals surface area (Å²) < 4.78 is 7.14. The van der Waals surface area contributed by atoms with Crippen LogP contribution in [0.5, 0.6) is 0 Å². The highest BCUT2D eigenvalue weighted by molar-refractivity contribution is 6.70. The van der Waals surface area contributed by atoms with Gasteiger partial charge in [-0.1, -0.05) is 36.7 Å². The van der Waals surface area contributed by atoms with Crippen LogP contribution in [-0.2, 0) is 14.1 Å². The number of rotatable bonds is 5. The summed E-state index contributed by atoms with van der Waals surface area (Å²) in [4.78, 5) is 10.4. The molecule has 3 fully saturated rings. The molecule has 0 saturated heterocycles. The summed E-state index contributed by atoms with van der Waals surface area (Å²) in [5.41, 5.74) is 3.87. The molecule has 6 heteroatoms. The molecule has 4 aliphatic rings. The number of oxime groups is 2. The van der Waals surface area contributed by atoms with Gasteiger partial charge in [-0.25, -0.2) is 0 Å². The number of hydrogen-bond donors (Lipinski definition) is 0. The number of nitrogens with zero attached hydrogens (tertiary/aromatic N) is 2. The average Bonchev–Trinajstić information content (AvgIpc) is 3.01. The highest BCUT2D eigenvalue weighted by Gasteiger charge is 2.67. The van der Waals surface area contributed by atoms with Crippen LogP contribution in [0, 0.1) is 34.5 Å². The molecule has 0 bridgehead atoms. The van der Waals surface area contributed by atoms with Crippen molar-refractivity contribution in [3.05, 3.63) is 11.6 Å². The van der Waals surface area contributed by atoms with Crippen molar-refractivity contribution in [2.75, 3.05) is 14.2 Å². The molecule has 0 radical (unpaired) electrons. The minimum atomic E-state index is -1.80. The van der Waals surface area contributed by atoms with Crippen LogP contribution in [0.25, 0.3) is 0 Å². The van der Waals surface area contributed by atoms with E-state index in [0.717, 1.165) is 36.1 Å². The third kappa shape index (κ3) is 3.83. The molecular weight excluding hydrogens is 428 g/mol. The number of fused-ring (bicyclic) bond motifs is 5. The third-order valence-electron chi connectivity index (χ3n) is 9.92. The van der Waals surface area contributed by atoms with Gasteiger partial charge in [0.05, 0.1) is 11.4 Å². The molecule has 0 spiro atoms. The number of allylic oxidation sites excluding steroid dienone is 2. The van der Waals surface area contributed by atoms with E-state index < -0.39 is 8.32 Å². The zero-order valence-electron chi connectivity index (χ0n) is 22.5. The summed E-state index contributed by atoms with van der Waals surface area (Å²) in [5, 5.41) is 8.80. The van der Waals surface area contributed by atoms with E-state index in [-0.39, 0.29) is 16.4 Å². The lowest BCUT2D eigenvalue weighted by molar-refractivity contribution is -0.0946. The van der Waals surface area contributed by atoms with Gasteiger partial charge in [0.15, 0.2) is 8.32 Å². The average molecular weight is 475 g/mol. The van der Waals surface area contributed by atoms with Gasteiger partial charge < -0.3 is 14.1 Å². The standard InChI is InChI=1S/C27H46N2O3Si/c1-18-16-21-22(25(3)13-10-20(29-31-6)17-24(18)25)11-14-26(4)23(21)12-15-27(26,19(2)28-30-5)32-33(7,8)9/h17-18,21-23H,10-16H2,1-9H3/t18?,21-,22+,23+,25-,26+,27+/m1/s1. The van der Waals surface area contributed by atoms with E-state index in [1.165, 1.54) is 32.1 Å². The molecule has 33 heavy (non-hydrogen) atoms. The SMILES string of the molecule is CON=C1C=C2C(C)C[C@@H]3[C@H](CC[C@@]4(C)[C@H]3CC[C@]4(O[Si](C)(C)C)C(C)=NOC)[C@@]2(C)CC1. The van der Waals surface area contributed by atoms with Gasteiger partial charge in [-0.05, 0) is 107 Å². The van der Waals surface area contributed by atoms with Crippen molar-refractivity contribution in [3.8, 4) is 0 Å². The summed E-state index contributed by atoms with van der Waals surface area (Å²) in [6, 6.07) is 0. The molecular formula is C27H46N2O3Si. The minimum absolute atomic E-state index is 0.106. The Morgan fingerprint density at radius 1 is 1.03 bits per heavy atom. The molecule has 0 heterocycles.